The summed E-state index contributed by atoms with van der Waals surface area (Å²) in [6.45, 7) is 0. The number of H-pyrrole nitrogens is 1. The summed E-state index contributed by atoms with van der Waals surface area (Å²) >= 11 is 5.86. The van der Waals surface area contributed by atoms with E-state index in [2.05, 4.69) is 10.2 Å². The number of carbonyl (C=O) groups excluding carboxylic acids is 1. The molecule has 3 rings (SSSR count). The predicted molar refractivity (Wildman–Crippen MR) is 92.2 cm³/mol. The van der Waals surface area contributed by atoms with Gasteiger partial charge in [-0.05, 0) is 35.4 Å². The molecule has 1 heterocycles. The zero-order chi connectivity index (χ0) is 17.3. The van der Waals surface area contributed by atoms with Gasteiger partial charge in [0.05, 0.1) is 0 Å². The smallest absolute Gasteiger partial charge is 0.254 e. The highest BCUT2D eigenvalue weighted by Gasteiger charge is 2.17. The van der Waals surface area contributed by atoms with Gasteiger partial charge in [0.1, 0.15) is 11.6 Å². The Labute approximate surface area is 141 Å². The summed E-state index contributed by atoms with van der Waals surface area (Å²) in [5.41, 5.74) is 6.39. The van der Waals surface area contributed by atoms with Crippen molar-refractivity contribution in [3.8, 4) is 0 Å². The summed E-state index contributed by atoms with van der Waals surface area (Å²) in [5.74, 6) is -0.796. The highest BCUT2D eigenvalue weighted by molar-refractivity contribution is 6.30. The zero-order valence-corrected chi connectivity index (χ0v) is 13.1. The molecule has 2 aromatic carbocycles. The van der Waals surface area contributed by atoms with E-state index in [4.69, 9.17) is 17.3 Å². The molecule has 0 spiro atoms. The topological polar surface area (TPSA) is 105 Å². The second-order valence-electron chi connectivity index (χ2n) is 5.26. The highest BCUT2D eigenvalue weighted by Crippen LogP contribution is 2.28. The first-order chi connectivity index (χ1) is 11.5. The van der Waals surface area contributed by atoms with Crippen LogP contribution in [0.1, 0.15) is 27.5 Å². The Kier molecular flexibility index (Phi) is 4.14. The number of hydrogen-bond donors (Lipinski definition) is 2. The molecule has 0 saturated heterocycles. The Morgan fingerprint density at radius 2 is 1.79 bits per heavy atom. The van der Waals surface area contributed by atoms with Crippen LogP contribution in [0.4, 0.5) is 0 Å². The fourth-order valence-electron chi connectivity index (χ4n) is 2.55. The minimum atomic E-state index is -0.796. The number of benzene rings is 2. The van der Waals surface area contributed by atoms with Gasteiger partial charge in [0.25, 0.3) is 5.91 Å². The number of carbonyl (C=O) groups is 1. The molecular formula is C17H12ClN3O3. The molecule has 1 aromatic heterocycles. The van der Waals surface area contributed by atoms with Gasteiger partial charge in [-0.25, -0.2) is 0 Å². The van der Waals surface area contributed by atoms with E-state index in [1.54, 1.807) is 42.5 Å². The van der Waals surface area contributed by atoms with Crippen LogP contribution >= 0.6 is 11.6 Å². The number of aromatic amines is 1. The summed E-state index contributed by atoms with van der Waals surface area (Å²) in [7, 11) is 0. The van der Waals surface area contributed by atoms with Gasteiger partial charge in [-0.15, -0.1) is 4.91 Å². The van der Waals surface area contributed by atoms with Crippen molar-refractivity contribution in [1.29, 1.82) is 0 Å². The third-order valence-electron chi connectivity index (χ3n) is 3.78. The number of aromatic nitrogens is 1. The molecular weight excluding hydrogens is 330 g/mol. The largest absolute Gasteiger partial charge is 0.365 e. The van der Waals surface area contributed by atoms with Crippen molar-refractivity contribution in [2.75, 3.05) is 0 Å². The Morgan fingerprint density at radius 3 is 2.42 bits per heavy atom. The Balaban J connectivity index is 2.11. The second-order valence-corrected chi connectivity index (χ2v) is 5.70. The quantitative estimate of drug-likeness (QED) is 0.712. The van der Waals surface area contributed by atoms with Gasteiger partial charge in [-0.1, -0.05) is 35.0 Å². The SMILES string of the molecule is NC(=O)c1c[nH]c2cc(C(N=O)c3ccc(Cl)cc3)ccc2c1=O. The maximum atomic E-state index is 12.2. The molecule has 1 unspecified atom stereocenters. The molecule has 3 N–H and O–H groups in total. The number of nitroso groups, excluding NO2 is 1. The average molecular weight is 342 g/mol. The second kappa shape index (κ2) is 6.25. The lowest BCUT2D eigenvalue weighted by molar-refractivity contribution is 0.0999. The van der Waals surface area contributed by atoms with Crippen molar-refractivity contribution in [2.45, 2.75) is 6.04 Å². The van der Waals surface area contributed by atoms with Crippen molar-refractivity contribution >= 4 is 28.4 Å². The zero-order valence-electron chi connectivity index (χ0n) is 12.3. The van der Waals surface area contributed by atoms with E-state index in [0.717, 1.165) is 0 Å². The van der Waals surface area contributed by atoms with Crippen LogP contribution in [0.25, 0.3) is 10.9 Å². The van der Waals surface area contributed by atoms with Crippen LogP contribution in [0.3, 0.4) is 0 Å². The molecule has 0 aliphatic rings. The standard InChI is InChI=1S/C17H12ClN3O3/c18-11-4-1-9(2-5-11)15(21-24)10-3-6-12-14(7-10)20-8-13(16(12)22)17(19)23/h1-8,15H,(H2,19,23)(H,20,22). The summed E-state index contributed by atoms with van der Waals surface area (Å²) in [4.78, 5) is 37.6. The highest BCUT2D eigenvalue weighted by atomic mass is 35.5. The molecule has 0 aliphatic heterocycles. The summed E-state index contributed by atoms with van der Waals surface area (Å²) in [6, 6.07) is 10.9. The lowest BCUT2D eigenvalue weighted by Gasteiger charge is -2.11. The van der Waals surface area contributed by atoms with Crippen molar-refractivity contribution < 1.29 is 4.79 Å². The van der Waals surface area contributed by atoms with Gasteiger partial charge in [0.2, 0.25) is 5.43 Å². The summed E-state index contributed by atoms with van der Waals surface area (Å²) in [6.07, 6.45) is 1.27. The van der Waals surface area contributed by atoms with Crippen molar-refractivity contribution in [1.82, 2.24) is 4.98 Å². The Hall–Kier alpha value is -2.99. The minimum absolute atomic E-state index is 0.113. The van der Waals surface area contributed by atoms with Crippen LogP contribution in [0.2, 0.25) is 5.02 Å². The van der Waals surface area contributed by atoms with E-state index >= 15 is 0 Å². The first-order valence-corrected chi connectivity index (χ1v) is 7.42. The van der Waals surface area contributed by atoms with E-state index in [9.17, 15) is 14.5 Å². The van der Waals surface area contributed by atoms with Crippen LogP contribution < -0.4 is 11.2 Å². The molecule has 0 bridgehead atoms. The van der Waals surface area contributed by atoms with Crippen molar-refractivity contribution in [2.24, 2.45) is 10.9 Å². The number of pyridine rings is 1. The molecule has 0 radical (unpaired) electrons. The maximum absolute atomic E-state index is 12.2. The van der Waals surface area contributed by atoms with Crippen LogP contribution in [0.5, 0.6) is 0 Å². The number of halogens is 1. The number of primary amides is 1. The van der Waals surface area contributed by atoms with E-state index in [0.29, 0.717) is 27.1 Å². The van der Waals surface area contributed by atoms with Crippen molar-refractivity contribution in [3.05, 3.63) is 85.5 Å². The number of nitrogens with two attached hydrogens (primary N) is 1. The molecule has 1 atom stereocenters. The fourth-order valence-corrected chi connectivity index (χ4v) is 2.68. The molecule has 120 valence electrons. The normalized spacial score (nSPS) is 12.0. The van der Waals surface area contributed by atoms with E-state index in [1.807, 2.05) is 0 Å². The molecule has 3 aromatic rings. The lowest BCUT2D eigenvalue weighted by Crippen LogP contribution is -2.22. The van der Waals surface area contributed by atoms with Gasteiger partial charge in [-0.2, -0.15) is 0 Å². The number of rotatable bonds is 4. The lowest BCUT2D eigenvalue weighted by atomic mass is 9.98. The van der Waals surface area contributed by atoms with Crippen LogP contribution in [0, 0.1) is 4.91 Å². The van der Waals surface area contributed by atoms with Gasteiger partial charge < -0.3 is 10.7 Å². The van der Waals surface area contributed by atoms with Crippen LogP contribution in [-0.4, -0.2) is 10.9 Å². The molecule has 24 heavy (non-hydrogen) atoms. The number of nitrogens with one attached hydrogen (secondary N) is 1. The van der Waals surface area contributed by atoms with Gasteiger partial charge in [-0.3, -0.25) is 9.59 Å². The van der Waals surface area contributed by atoms with E-state index in [1.165, 1.54) is 6.20 Å². The number of amides is 1. The Morgan fingerprint density at radius 1 is 1.12 bits per heavy atom. The minimum Gasteiger partial charge on any atom is -0.365 e. The first-order valence-electron chi connectivity index (χ1n) is 7.04. The number of fused-ring (bicyclic) bond motifs is 1. The van der Waals surface area contributed by atoms with Gasteiger partial charge in [0, 0.05) is 22.1 Å². The van der Waals surface area contributed by atoms with Crippen molar-refractivity contribution in [3.63, 3.8) is 0 Å². The Bertz CT molecular complexity index is 996. The van der Waals surface area contributed by atoms with E-state index < -0.39 is 17.4 Å². The average Bonchev–Trinajstić information content (AvgIpc) is 2.57. The third kappa shape index (κ3) is 2.79. The molecule has 0 saturated carbocycles. The van der Waals surface area contributed by atoms with E-state index in [-0.39, 0.29) is 5.56 Å². The first kappa shape index (κ1) is 15.9. The predicted octanol–water partition coefficient (Wildman–Crippen LogP) is 3.14. The fraction of sp³-hybridized carbons (Fsp3) is 0.0588. The van der Waals surface area contributed by atoms with Gasteiger partial charge in [0.15, 0.2) is 0 Å². The number of nitrogens with zero attached hydrogens (tertiary/aromatic N) is 1. The number of hydrogen-bond acceptors (Lipinski definition) is 4. The maximum Gasteiger partial charge on any atom is 0.254 e. The third-order valence-corrected chi connectivity index (χ3v) is 4.03. The molecule has 1 amide bonds. The molecule has 0 fully saturated rings. The molecule has 6 nitrogen and oxygen atoms in total. The van der Waals surface area contributed by atoms with Crippen LogP contribution in [-0.2, 0) is 0 Å². The monoisotopic (exact) mass is 341 g/mol. The summed E-state index contributed by atoms with van der Waals surface area (Å²) < 4.78 is 0. The molecule has 7 heteroatoms. The summed E-state index contributed by atoms with van der Waals surface area (Å²) in [5, 5.41) is 4.05. The van der Waals surface area contributed by atoms with Crippen LogP contribution in [0.15, 0.2) is 58.6 Å². The molecule has 0 aliphatic carbocycles. The van der Waals surface area contributed by atoms with Gasteiger partial charge >= 0.3 is 0 Å².